The van der Waals surface area contributed by atoms with Crippen molar-refractivity contribution < 1.29 is 4.74 Å². The van der Waals surface area contributed by atoms with Gasteiger partial charge in [0, 0.05) is 11.7 Å². The van der Waals surface area contributed by atoms with Crippen molar-refractivity contribution in [1.82, 2.24) is 0 Å². The number of nitrogens with one attached hydrogen (secondary N) is 1. The van der Waals surface area contributed by atoms with Crippen molar-refractivity contribution in [2.75, 3.05) is 11.9 Å². The molecule has 1 saturated carbocycles. The number of benzene rings is 1. The predicted molar refractivity (Wildman–Crippen MR) is 91.4 cm³/mol. The molecule has 21 heavy (non-hydrogen) atoms. The van der Waals surface area contributed by atoms with Crippen molar-refractivity contribution >= 4 is 17.3 Å². The zero-order valence-electron chi connectivity index (χ0n) is 13.5. The maximum Gasteiger partial charge on any atom is 0.138 e. The standard InChI is InChI=1S/C18H28ClNO/c1-4-11-21-18-10-9-16(12-17(18)19)20-15-7-5-14(6-8-15)13(2)3/h9-10,12-15,20H,4-8,11H2,1-3H3. The van der Waals surface area contributed by atoms with E-state index in [4.69, 9.17) is 16.3 Å². The number of hydrogen-bond donors (Lipinski definition) is 1. The third-order valence-electron chi connectivity index (χ3n) is 4.48. The van der Waals surface area contributed by atoms with E-state index in [0.29, 0.717) is 17.7 Å². The molecule has 0 heterocycles. The van der Waals surface area contributed by atoms with E-state index in [0.717, 1.165) is 29.7 Å². The average Bonchev–Trinajstić information content (AvgIpc) is 2.47. The molecule has 2 rings (SSSR count). The minimum absolute atomic E-state index is 0.582. The summed E-state index contributed by atoms with van der Waals surface area (Å²) in [5, 5.41) is 4.32. The zero-order valence-corrected chi connectivity index (χ0v) is 14.2. The topological polar surface area (TPSA) is 21.3 Å². The number of halogens is 1. The summed E-state index contributed by atoms with van der Waals surface area (Å²) in [7, 11) is 0. The van der Waals surface area contributed by atoms with Crippen LogP contribution < -0.4 is 10.1 Å². The fourth-order valence-electron chi connectivity index (χ4n) is 3.09. The van der Waals surface area contributed by atoms with Crippen molar-refractivity contribution in [2.24, 2.45) is 11.8 Å². The second kappa shape index (κ2) is 7.93. The molecule has 0 spiro atoms. The van der Waals surface area contributed by atoms with Gasteiger partial charge in [-0.15, -0.1) is 0 Å². The molecule has 1 N–H and O–H groups in total. The minimum Gasteiger partial charge on any atom is -0.492 e. The molecular weight excluding hydrogens is 282 g/mol. The summed E-state index contributed by atoms with van der Waals surface area (Å²) in [6.07, 6.45) is 6.18. The molecule has 3 heteroatoms. The largest absolute Gasteiger partial charge is 0.492 e. The van der Waals surface area contributed by atoms with E-state index in [1.165, 1.54) is 25.7 Å². The Hall–Kier alpha value is -0.890. The van der Waals surface area contributed by atoms with Gasteiger partial charge in [-0.2, -0.15) is 0 Å². The van der Waals surface area contributed by atoms with Gasteiger partial charge in [-0.25, -0.2) is 0 Å². The highest BCUT2D eigenvalue weighted by molar-refractivity contribution is 6.32. The highest BCUT2D eigenvalue weighted by Gasteiger charge is 2.23. The Labute approximate surface area is 134 Å². The Bertz CT molecular complexity index is 439. The summed E-state index contributed by atoms with van der Waals surface area (Å²) in [6, 6.07) is 6.62. The first-order chi connectivity index (χ1) is 10.1. The number of hydrogen-bond acceptors (Lipinski definition) is 2. The lowest BCUT2D eigenvalue weighted by Crippen LogP contribution is -2.27. The molecule has 0 radical (unpaired) electrons. The summed E-state index contributed by atoms with van der Waals surface area (Å²) >= 11 is 6.28. The molecule has 0 unspecified atom stereocenters. The fourth-order valence-corrected chi connectivity index (χ4v) is 3.32. The van der Waals surface area contributed by atoms with E-state index >= 15 is 0 Å². The van der Waals surface area contributed by atoms with Gasteiger partial charge in [0.2, 0.25) is 0 Å². The normalized spacial score (nSPS) is 22.3. The predicted octanol–water partition coefficient (Wildman–Crippen LogP) is 5.76. The molecule has 0 atom stereocenters. The van der Waals surface area contributed by atoms with Crippen LogP contribution in [-0.2, 0) is 0 Å². The Morgan fingerprint density at radius 3 is 2.52 bits per heavy atom. The van der Waals surface area contributed by atoms with Gasteiger partial charge in [0.1, 0.15) is 5.75 Å². The minimum atomic E-state index is 0.582. The maximum absolute atomic E-state index is 6.28. The first kappa shape index (κ1) is 16.5. The van der Waals surface area contributed by atoms with Gasteiger partial charge in [0.05, 0.1) is 11.6 Å². The summed E-state index contributed by atoms with van der Waals surface area (Å²) in [6.45, 7) is 7.49. The van der Waals surface area contributed by atoms with Crippen LogP contribution in [0.4, 0.5) is 5.69 Å². The number of ether oxygens (including phenoxy) is 1. The molecule has 1 aliphatic rings. The molecule has 0 saturated heterocycles. The van der Waals surface area contributed by atoms with Crippen LogP contribution in [0.25, 0.3) is 0 Å². The molecule has 1 aliphatic carbocycles. The lowest BCUT2D eigenvalue weighted by atomic mass is 9.79. The van der Waals surface area contributed by atoms with Crippen LogP contribution in [0.1, 0.15) is 52.9 Å². The Kier molecular flexibility index (Phi) is 6.22. The summed E-state index contributed by atoms with van der Waals surface area (Å²) in [5.41, 5.74) is 1.11. The summed E-state index contributed by atoms with van der Waals surface area (Å²) < 4.78 is 5.61. The smallest absolute Gasteiger partial charge is 0.138 e. The van der Waals surface area contributed by atoms with E-state index in [2.05, 4.69) is 32.2 Å². The van der Waals surface area contributed by atoms with Crippen LogP contribution in [0, 0.1) is 11.8 Å². The van der Waals surface area contributed by atoms with Gasteiger partial charge in [-0.1, -0.05) is 32.4 Å². The first-order valence-corrected chi connectivity index (χ1v) is 8.66. The molecule has 0 aromatic heterocycles. The molecule has 1 fully saturated rings. The van der Waals surface area contributed by atoms with Crippen molar-refractivity contribution in [3.63, 3.8) is 0 Å². The molecule has 0 bridgehead atoms. The molecule has 0 aliphatic heterocycles. The van der Waals surface area contributed by atoms with Crippen molar-refractivity contribution in [3.05, 3.63) is 23.2 Å². The SMILES string of the molecule is CCCOc1ccc(NC2CCC(C(C)C)CC2)cc1Cl. The van der Waals surface area contributed by atoms with Crippen molar-refractivity contribution in [3.8, 4) is 5.75 Å². The first-order valence-electron chi connectivity index (χ1n) is 8.29. The van der Waals surface area contributed by atoms with Gasteiger partial charge < -0.3 is 10.1 Å². The molecule has 1 aromatic carbocycles. The molecule has 2 nitrogen and oxygen atoms in total. The van der Waals surface area contributed by atoms with Crippen LogP contribution in [0.5, 0.6) is 5.75 Å². The van der Waals surface area contributed by atoms with E-state index in [1.54, 1.807) is 0 Å². The van der Waals surface area contributed by atoms with Crippen molar-refractivity contribution in [1.29, 1.82) is 0 Å². The quantitative estimate of drug-likeness (QED) is 0.721. The lowest BCUT2D eigenvalue weighted by molar-refractivity contribution is 0.267. The number of rotatable bonds is 6. The monoisotopic (exact) mass is 309 g/mol. The van der Waals surface area contributed by atoms with Crippen LogP contribution in [0.15, 0.2) is 18.2 Å². The van der Waals surface area contributed by atoms with E-state index < -0.39 is 0 Å². The van der Waals surface area contributed by atoms with Gasteiger partial charge >= 0.3 is 0 Å². The second-order valence-electron chi connectivity index (χ2n) is 6.49. The van der Waals surface area contributed by atoms with E-state index in [9.17, 15) is 0 Å². The Balaban J connectivity index is 1.87. The summed E-state index contributed by atoms with van der Waals surface area (Å²) in [5.74, 6) is 2.50. The van der Waals surface area contributed by atoms with E-state index in [-0.39, 0.29) is 0 Å². The molecular formula is C18H28ClNO. The fraction of sp³-hybridized carbons (Fsp3) is 0.667. The molecule has 0 amide bonds. The highest BCUT2D eigenvalue weighted by Crippen LogP contribution is 2.33. The summed E-state index contributed by atoms with van der Waals surface area (Å²) in [4.78, 5) is 0. The third-order valence-corrected chi connectivity index (χ3v) is 4.77. The zero-order chi connectivity index (χ0) is 15.2. The second-order valence-corrected chi connectivity index (χ2v) is 6.90. The van der Waals surface area contributed by atoms with E-state index in [1.807, 2.05) is 12.1 Å². The Morgan fingerprint density at radius 2 is 1.95 bits per heavy atom. The van der Waals surface area contributed by atoms with Crippen LogP contribution >= 0.6 is 11.6 Å². The van der Waals surface area contributed by atoms with Gasteiger partial charge in [-0.3, -0.25) is 0 Å². The highest BCUT2D eigenvalue weighted by atomic mass is 35.5. The van der Waals surface area contributed by atoms with Gasteiger partial charge in [0.25, 0.3) is 0 Å². The maximum atomic E-state index is 6.28. The average molecular weight is 310 g/mol. The van der Waals surface area contributed by atoms with Crippen LogP contribution in [0.3, 0.4) is 0 Å². The molecule has 1 aromatic rings. The third kappa shape index (κ3) is 4.81. The van der Waals surface area contributed by atoms with Crippen molar-refractivity contribution in [2.45, 2.75) is 58.9 Å². The van der Waals surface area contributed by atoms with Gasteiger partial charge in [-0.05, 0) is 62.1 Å². The number of anilines is 1. The Morgan fingerprint density at radius 1 is 1.24 bits per heavy atom. The lowest BCUT2D eigenvalue weighted by Gasteiger charge is -2.32. The molecule has 118 valence electrons. The van der Waals surface area contributed by atoms with Crippen LogP contribution in [-0.4, -0.2) is 12.6 Å². The van der Waals surface area contributed by atoms with Gasteiger partial charge in [0.15, 0.2) is 0 Å². The van der Waals surface area contributed by atoms with Crippen LogP contribution in [0.2, 0.25) is 5.02 Å².